The number of alkyl halides is 2. The van der Waals surface area contributed by atoms with E-state index in [9.17, 15) is 8.78 Å². The van der Waals surface area contributed by atoms with Gasteiger partial charge in [-0.25, -0.2) is 0 Å². The number of ether oxygens (including phenoxy) is 1. The van der Waals surface area contributed by atoms with Crippen molar-refractivity contribution < 1.29 is 13.5 Å². The van der Waals surface area contributed by atoms with Crippen LogP contribution in [0.15, 0.2) is 43.0 Å². The summed E-state index contributed by atoms with van der Waals surface area (Å²) in [7, 11) is 0. The third kappa shape index (κ3) is 3.60. The average molecular weight is 343 g/mol. The van der Waals surface area contributed by atoms with Crippen molar-refractivity contribution in [1.29, 1.82) is 0 Å². The van der Waals surface area contributed by atoms with Crippen LogP contribution in [0.4, 0.5) is 8.78 Å². The van der Waals surface area contributed by atoms with Crippen molar-refractivity contribution in [3.8, 4) is 5.75 Å². The van der Waals surface area contributed by atoms with E-state index in [1.165, 1.54) is 24.3 Å². The molecule has 0 radical (unpaired) electrons. The molecule has 116 valence electrons. The molecule has 0 aliphatic carbocycles. The maximum absolute atomic E-state index is 14.4. The van der Waals surface area contributed by atoms with Gasteiger partial charge in [0, 0.05) is 10.0 Å². The zero-order valence-corrected chi connectivity index (χ0v) is 13.6. The van der Waals surface area contributed by atoms with E-state index >= 15 is 0 Å². The van der Waals surface area contributed by atoms with E-state index in [0.717, 1.165) is 5.56 Å². The van der Waals surface area contributed by atoms with Crippen molar-refractivity contribution >= 4 is 28.8 Å². The Hall–Kier alpha value is -1.58. The fourth-order valence-electron chi connectivity index (χ4n) is 1.93. The Balaban J connectivity index is 2.33. The largest absolute Gasteiger partial charge is 0.429 e. The Morgan fingerprint density at radius 1 is 1.09 bits per heavy atom. The van der Waals surface area contributed by atoms with Gasteiger partial charge in [0.2, 0.25) is 0 Å². The summed E-state index contributed by atoms with van der Waals surface area (Å²) in [5.41, 5.74) is 1.15. The second-order valence-electron chi connectivity index (χ2n) is 4.95. The Kier molecular flexibility index (Phi) is 4.78. The molecule has 2 aromatic carbocycles. The van der Waals surface area contributed by atoms with Crippen LogP contribution in [-0.4, -0.2) is 6.11 Å². The predicted molar refractivity (Wildman–Crippen MR) is 87.0 cm³/mol. The molecule has 0 bridgehead atoms. The Labute approximate surface area is 138 Å². The maximum atomic E-state index is 14.4. The van der Waals surface area contributed by atoms with Gasteiger partial charge in [-0.05, 0) is 54.8 Å². The number of hydrogen-bond acceptors (Lipinski definition) is 1. The molecule has 0 amide bonds. The standard InChI is InChI=1S/C17H14Cl2F2O/c1-10-5-4-6-16(11(10)2)22-17(20,21)12(3)13-7-14(18)9-15(19)8-13/h4-9H,3H2,1-2H3. The van der Waals surface area contributed by atoms with E-state index in [1.54, 1.807) is 13.0 Å². The Morgan fingerprint density at radius 2 is 1.68 bits per heavy atom. The summed E-state index contributed by atoms with van der Waals surface area (Å²) in [6, 6.07) is 9.18. The van der Waals surface area contributed by atoms with Gasteiger partial charge in [-0.2, -0.15) is 8.78 Å². The minimum Gasteiger partial charge on any atom is -0.429 e. The van der Waals surface area contributed by atoms with Gasteiger partial charge in [-0.1, -0.05) is 41.9 Å². The van der Waals surface area contributed by atoms with Crippen LogP contribution in [-0.2, 0) is 0 Å². The van der Waals surface area contributed by atoms with E-state index in [2.05, 4.69) is 6.58 Å². The summed E-state index contributed by atoms with van der Waals surface area (Å²) in [4.78, 5) is 0. The molecule has 0 unspecified atom stereocenters. The van der Waals surface area contributed by atoms with E-state index in [-0.39, 0.29) is 21.4 Å². The van der Waals surface area contributed by atoms with Gasteiger partial charge in [0.15, 0.2) is 0 Å². The normalized spacial score (nSPS) is 11.4. The van der Waals surface area contributed by atoms with Gasteiger partial charge in [-0.3, -0.25) is 0 Å². The summed E-state index contributed by atoms with van der Waals surface area (Å²) < 4.78 is 33.6. The van der Waals surface area contributed by atoms with Crippen molar-refractivity contribution in [2.75, 3.05) is 0 Å². The zero-order valence-electron chi connectivity index (χ0n) is 12.1. The molecule has 0 aromatic heterocycles. The highest BCUT2D eigenvalue weighted by Gasteiger charge is 2.37. The molecule has 0 aliphatic heterocycles. The zero-order chi connectivity index (χ0) is 16.5. The first-order valence-electron chi connectivity index (χ1n) is 6.49. The number of halogens is 4. The van der Waals surface area contributed by atoms with Crippen LogP contribution >= 0.6 is 23.2 Å². The molecule has 0 fully saturated rings. The first-order chi connectivity index (χ1) is 10.2. The lowest BCUT2D eigenvalue weighted by Crippen LogP contribution is -2.26. The molecule has 0 saturated carbocycles. The minimum atomic E-state index is -3.58. The lowest BCUT2D eigenvalue weighted by molar-refractivity contribution is -0.121. The van der Waals surface area contributed by atoms with Crippen molar-refractivity contribution in [3.63, 3.8) is 0 Å². The number of rotatable bonds is 4. The van der Waals surface area contributed by atoms with Gasteiger partial charge in [0.1, 0.15) is 5.75 Å². The molecule has 22 heavy (non-hydrogen) atoms. The van der Waals surface area contributed by atoms with Crippen LogP contribution in [0.25, 0.3) is 5.57 Å². The molecule has 0 atom stereocenters. The Bertz CT molecular complexity index is 706. The van der Waals surface area contributed by atoms with E-state index in [4.69, 9.17) is 27.9 Å². The van der Waals surface area contributed by atoms with Crippen molar-refractivity contribution in [2.45, 2.75) is 20.0 Å². The number of aryl methyl sites for hydroxylation is 1. The third-order valence-corrected chi connectivity index (χ3v) is 3.79. The molecular formula is C17H14Cl2F2O. The van der Waals surface area contributed by atoms with Gasteiger partial charge in [-0.15, -0.1) is 0 Å². The van der Waals surface area contributed by atoms with Crippen molar-refractivity contribution in [2.24, 2.45) is 0 Å². The smallest absolute Gasteiger partial charge is 0.426 e. The quantitative estimate of drug-likeness (QED) is 0.633. The van der Waals surface area contributed by atoms with Crippen LogP contribution in [0.1, 0.15) is 16.7 Å². The molecule has 0 aliphatic rings. The predicted octanol–water partition coefficient (Wildman–Crippen LogP) is 6.30. The van der Waals surface area contributed by atoms with Gasteiger partial charge >= 0.3 is 6.11 Å². The number of benzene rings is 2. The SMILES string of the molecule is C=C(c1cc(Cl)cc(Cl)c1)C(F)(F)Oc1cccc(C)c1C. The van der Waals surface area contributed by atoms with Gasteiger partial charge in [0.05, 0.1) is 5.57 Å². The van der Waals surface area contributed by atoms with E-state index in [1.807, 2.05) is 13.0 Å². The summed E-state index contributed by atoms with van der Waals surface area (Å²) in [5.74, 6) is 0.110. The monoisotopic (exact) mass is 342 g/mol. The molecular weight excluding hydrogens is 329 g/mol. The highest BCUT2D eigenvalue weighted by molar-refractivity contribution is 6.34. The fraction of sp³-hybridized carbons (Fsp3) is 0.176. The van der Waals surface area contributed by atoms with Crippen molar-refractivity contribution in [1.82, 2.24) is 0 Å². The number of hydrogen-bond donors (Lipinski definition) is 0. The fourth-order valence-corrected chi connectivity index (χ4v) is 2.46. The Morgan fingerprint density at radius 3 is 2.27 bits per heavy atom. The first kappa shape index (κ1) is 16.8. The van der Waals surface area contributed by atoms with Crippen LogP contribution in [0.2, 0.25) is 10.0 Å². The molecule has 0 spiro atoms. The highest BCUT2D eigenvalue weighted by Crippen LogP contribution is 2.37. The highest BCUT2D eigenvalue weighted by atomic mass is 35.5. The van der Waals surface area contributed by atoms with Gasteiger partial charge < -0.3 is 4.74 Å². The van der Waals surface area contributed by atoms with Crippen LogP contribution in [0.3, 0.4) is 0 Å². The van der Waals surface area contributed by atoms with Gasteiger partial charge in [0.25, 0.3) is 0 Å². The average Bonchev–Trinajstić information content (AvgIpc) is 2.42. The first-order valence-corrected chi connectivity index (χ1v) is 7.25. The van der Waals surface area contributed by atoms with Crippen LogP contribution < -0.4 is 4.74 Å². The van der Waals surface area contributed by atoms with Crippen LogP contribution in [0.5, 0.6) is 5.75 Å². The maximum Gasteiger partial charge on any atom is 0.426 e. The molecule has 0 saturated heterocycles. The lowest BCUT2D eigenvalue weighted by Gasteiger charge is -2.22. The molecule has 5 heteroatoms. The molecule has 0 N–H and O–H groups in total. The second kappa shape index (κ2) is 6.27. The van der Waals surface area contributed by atoms with Crippen LogP contribution in [0, 0.1) is 13.8 Å². The molecule has 1 nitrogen and oxygen atoms in total. The topological polar surface area (TPSA) is 9.23 Å². The third-order valence-electron chi connectivity index (χ3n) is 3.36. The van der Waals surface area contributed by atoms with E-state index < -0.39 is 11.7 Å². The summed E-state index contributed by atoms with van der Waals surface area (Å²) in [5, 5.41) is 0.511. The minimum absolute atomic E-state index is 0.110. The lowest BCUT2D eigenvalue weighted by atomic mass is 10.1. The summed E-state index contributed by atoms with van der Waals surface area (Å²) in [6.07, 6.45) is -3.58. The molecule has 2 aromatic rings. The molecule has 0 heterocycles. The van der Waals surface area contributed by atoms with E-state index in [0.29, 0.717) is 5.56 Å². The van der Waals surface area contributed by atoms with Crippen molar-refractivity contribution in [3.05, 3.63) is 69.7 Å². The summed E-state index contributed by atoms with van der Waals surface area (Å²) >= 11 is 11.7. The summed E-state index contributed by atoms with van der Waals surface area (Å²) in [6.45, 7) is 6.98. The second-order valence-corrected chi connectivity index (χ2v) is 5.83. The molecule has 2 rings (SSSR count).